The number of rotatable bonds is 1. The van der Waals surface area contributed by atoms with E-state index in [4.69, 9.17) is 10.3 Å². The van der Waals surface area contributed by atoms with Gasteiger partial charge in [-0.15, -0.1) is 0 Å². The van der Waals surface area contributed by atoms with Gasteiger partial charge in [-0.25, -0.2) is 4.39 Å². The van der Waals surface area contributed by atoms with Crippen molar-refractivity contribution in [3.63, 3.8) is 0 Å². The molecule has 0 aliphatic carbocycles. The quantitative estimate of drug-likeness (QED) is 0.866. The van der Waals surface area contributed by atoms with Gasteiger partial charge < -0.3 is 10.3 Å². The van der Waals surface area contributed by atoms with E-state index in [1.807, 2.05) is 0 Å². The molecule has 2 N–H and O–H groups in total. The first-order chi connectivity index (χ1) is 7.08. The van der Waals surface area contributed by atoms with Gasteiger partial charge in [0.1, 0.15) is 11.5 Å². The van der Waals surface area contributed by atoms with Crippen LogP contribution in [0, 0.1) is 12.7 Å². The molecule has 2 aromatic rings. The lowest BCUT2D eigenvalue weighted by atomic mass is 10.1. The van der Waals surface area contributed by atoms with Gasteiger partial charge in [0, 0.05) is 11.6 Å². The third kappa shape index (κ3) is 1.87. The maximum Gasteiger partial charge on any atom is 0.222 e. The lowest BCUT2D eigenvalue weighted by Gasteiger charge is -2.03. The van der Waals surface area contributed by atoms with Gasteiger partial charge in [0.05, 0.1) is 4.47 Å². The van der Waals surface area contributed by atoms with Crippen molar-refractivity contribution in [1.82, 2.24) is 5.16 Å². The van der Waals surface area contributed by atoms with Crippen molar-refractivity contribution in [2.75, 3.05) is 5.73 Å². The van der Waals surface area contributed by atoms with Crippen molar-refractivity contribution in [3.8, 4) is 11.3 Å². The Hall–Kier alpha value is -1.36. The second-order valence-corrected chi connectivity index (χ2v) is 4.05. The molecule has 1 heterocycles. The van der Waals surface area contributed by atoms with E-state index < -0.39 is 0 Å². The monoisotopic (exact) mass is 270 g/mol. The third-order valence-corrected chi connectivity index (χ3v) is 2.68. The number of halogens is 2. The van der Waals surface area contributed by atoms with Crippen molar-refractivity contribution in [2.45, 2.75) is 6.92 Å². The molecule has 0 aliphatic rings. The van der Waals surface area contributed by atoms with Gasteiger partial charge in [-0.2, -0.15) is 0 Å². The van der Waals surface area contributed by atoms with Crippen LogP contribution in [-0.4, -0.2) is 5.16 Å². The highest BCUT2D eigenvalue weighted by atomic mass is 79.9. The largest absolute Gasteiger partial charge is 0.368 e. The van der Waals surface area contributed by atoms with Crippen LogP contribution in [-0.2, 0) is 0 Å². The summed E-state index contributed by atoms with van der Waals surface area (Å²) in [4.78, 5) is 0. The smallest absolute Gasteiger partial charge is 0.222 e. The minimum Gasteiger partial charge on any atom is -0.368 e. The van der Waals surface area contributed by atoms with E-state index in [9.17, 15) is 4.39 Å². The summed E-state index contributed by atoms with van der Waals surface area (Å²) in [5.74, 6) is -0.0578. The standard InChI is InChI=1S/C10H8BrFN2O/c1-5-2-8(12)7(11)3-6(5)9-4-10(13)15-14-9/h2-4H,13H2,1H3. The van der Waals surface area contributed by atoms with Crippen LogP contribution < -0.4 is 5.73 Å². The molecule has 1 aromatic carbocycles. The van der Waals surface area contributed by atoms with E-state index in [1.54, 1.807) is 19.1 Å². The van der Waals surface area contributed by atoms with Gasteiger partial charge >= 0.3 is 0 Å². The number of hydrogen-bond donors (Lipinski definition) is 1. The summed E-state index contributed by atoms with van der Waals surface area (Å²) >= 11 is 3.12. The lowest BCUT2D eigenvalue weighted by molar-refractivity contribution is 0.439. The minimum atomic E-state index is -0.298. The normalized spacial score (nSPS) is 10.6. The molecule has 78 valence electrons. The first kappa shape index (κ1) is 10.2. The summed E-state index contributed by atoms with van der Waals surface area (Å²) < 4.78 is 18.3. The van der Waals surface area contributed by atoms with E-state index in [0.29, 0.717) is 10.2 Å². The van der Waals surface area contributed by atoms with Crippen molar-refractivity contribution < 1.29 is 8.91 Å². The van der Waals surface area contributed by atoms with Crippen LogP contribution in [0.5, 0.6) is 0 Å². The van der Waals surface area contributed by atoms with Crippen LogP contribution in [0.3, 0.4) is 0 Å². The summed E-state index contributed by atoms with van der Waals surface area (Å²) in [7, 11) is 0. The van der Waals surface area contributed by atoms with Crippen LogP contribution in [0.15, 0.2) is 27.2 Å². The van der Waals surface area contributed by atoms with Crippen molar-refractivity contribution >= 4 is 21.8 Å². The molecule has 0 radical (unpaired) electrons. The predicted molar refractivity (Wildman–Crippen MR) is 58.7 cm³/mol. The fourth-order valence-corrected chi connectivity index (χ4v) is 1.68. The van der Waals surface area contributed by atoms with Gasteiger partial charge in [-0.05, 0) is 40.5 Å². The molecule has 0 unspecified atom stereocenters. The molecule has 0 spiro atoms. The van der Waals surface area contributed by atoms with Crippen LogP contribution in [0.2, 0.25) is 0 Å². The summed E-state index contributed by atoms with van der Waals surface area (Å²) in [6.45, 7) is 1.80. The highest BCUT2D eigenvalue weighted by molar-refractivity contribution is 9.10. The number of hydrogen-bond acceptors (Lipinski definition) is 3. The van der Waals surface area contributed by atoms with Crippen LogP contribution in [0.25, 0.3) is 11.3 Å². The average Bonchev–Trinajstić information content (AvgIpc) is 2.58. The van der Waals surface area contributed by atoms with Crippen LogP contribution >= 0.6 is 15.9 Å². The second-order valence-electron chi connectivity index (χ2n) is 3.20. The van der Waals surface area contributed by atoms with Gasteiger partial charge in [0.25, 0.3) is 0 Å². The molecular formula is C10H8BrFN2O. The van der Waals surface area contributed by atoms with E-state index in [0.717, 1.165) is 11.1 Å². The molecule has 0 fully saturated rings. The van der Waals surface area contributed by atoms with Gasteiger partial charge in [-0.3, -0.25) is 0 Å². The summed E-state index contributed by atoms with van der Waals surface area (Å²) in [6.07, 6.45) is 0. The molecule has 2 rings (SSSR count). The molecule has 3 nitrogen and oxygen atoms in total. The highest BCUT2D eigenvalue weighted by Crippen LogP contribution is 2.28. The molecular weight excluding hydrogens is 263 g/mol. The van der Waals surface area contributed by atoms with E-state index in [2.05, 4.69) is 21.1 Å². The summed E-state index contributed by atoms with van der Waals surface area (Å²) in [6, 6.07) is 4.69. The molecule has 0 amide bonds. The molecule has 0 aliphatic heterocycles. The average molecular weight is 271 g/mol. The Kier molecular flexibility index (Phi) is 2.48. The zero-order chi connectivity index (χ0) is 11.0. The van der Waals surface area contributed by atoms with Crippen molar-refractivity contribution in [3.05, 3.63) is 34.1 Å². The fraction of sp³-hybridized carbons (Fsp3) is 0.100. The topological polar surface area (TPSA) is 52.0 Å². The Morgan fingerprint density at radius 3 is 2.73 bits per heavy atom. The molecule has 0 atom stereocenters. The zero-order valence-corrected chi connectivity index (χ0v) is 9.51. The van der Waals surface area contributed by atoms with Gasteiger partial charge in [-0.1, -0.05) is 5.16 Å². The second kappa shape index (κ2) is 3.66. The Balaban J connectivity index is 2.58. The maximum atomic E-state index is 13.2. The number of aryl methyl sites for hydroxylation is 1. The number of anilines is 1. The van der Waals surface area contributed by atoms with Crippen molar-refractivity contribution in [1.29, 1.82) is 0 Å². The summed E-state index contributed by atoms with van der Waals surface area (Å²) in [5.41, 5.74) is 7.60. The number of aromatic nitrogens is 1. The molecule has 5 heteroatoms. The molecule has 0 saturated heterocycles. The van der Waals surface area contributed by atoms with E-state index in [1.165, 1.54) is 6.07 Å². The van der Waals surface area contributed by atoms with E-state index in [-0.39, 0.29) is 11.7 Å². The number of benzene rings is 1. The Morgan fingerprint density at radius 1 is 1.40 bits per heavy atom. The summed E-state index contributed by atoms with van der Waals surface area (Å²) in [5, 5.41) is 3.77. The Labute approximate surface area is 94.2 Å². The number of nitrogen functional groups attached to an aromatic ring is 1. The fourth-order valence-electron chi connectivity index (χ4n) is 1.34. The maximum absolute atomic E-state index is 13.2. The highest BCUT2D eigenvalue weighted by Gasteiger charge is 2.10. The zero-order valence-electron chi connectivity index (χ0n) is 7.92. The first-order valence-corrected chi connectivity index (χ1v) is 5.05. The molecule has 1 aromatic heterocycles. The van der Waals surface area contributed by atoms with Crippen LogP contribution in [0.1, 0.15) is 5.56 Å². The SMILES string of the molecule is Cc1cc(F)c(Br)cc1-c1cc(N)on1. The minimum absolute atomic E-state index is 0.241. The van der Waals surface area contributed by atoms with Crippen LogP contribution in [0.4, 0.5) is 10.3 Å². The van der Waals surface area contributed by atoms with Gasteiger partial charge in [0.15, 0.2) is 0 Å². The van der Waals surface area contributed by atoms with Gasteiger partial charge in [0.2, 0.25) is 5.88 Å². The molecule has 15 heavy (non-hydrogen) atoms. The molecule has 0 bridgehead atoms. The lowest BCUT2D eigenvalue weighted by Crippen LogP contribution is -1.87. The Morgan fingerprint density at radius 2 is 2.13 bits per heavy atom. The predicted octanol–water partition coefficient (Wildman–Crippen LogP) is 3.13. The first-order valence-electron chi connectivity index (χ1n) is 4.26. The number of nitrogens with two attached hydrogens (primary N) is 1. The van der Waals surface area contributed by atoms with E-state index >= 15 is 0 Å². The van der Waals surface area contributed by atoms with Crippen molar-refractivity contribution in [2.24, 2.45) is 0 Å². The molecule has 0 saturated carbocycles. The number of nitrogens with zero attached hydrogens (tertiary/aromatic N) is 1. The Bertz CT molecular complexity index is 510. The third-order valence-electron chi connectivity index (χ3n) is 2.07.